The van der Waals surface area contributed by atoms with Crippen molar-refractivity contribution in [3.8, 4) is 0 Å². The van der Waals surface area contributed by atoms with E-state index in [1.54, 1.807) is 13.0 Å². The molecule has 2 saturated heterocycles. The van der Waals surface area contributed by atoms with Crippen molar-refractivity contribution in [1.82, 2.24) is 14.7 Å². The van der Waals surface area contributed by atoms with Gasteiger partial charge in [-0.3, -0.25) is 4.79 Å². The number of anilines is 1. The average molecular weight is 400 g/mol. The summed E-state index contributed by atoms with van der Waals surface area (Å²) >= 11 is 0. The maximum absolute atomic E-state index is 13.6. The molecule has 0 radical (unpaired) electrons. The number of carbonyl (C=O) groups is 1. The molecule has 6 nitrogen and oxygen atoms in total. The van der Waals surface area contributed by atoms with Crippen LogP contribution in [0.5, 0.6) is 0 Å². The zero-order chi connectivity index (χ0) is 19.9. The van der Waals surface area contributed by atoms with Crippen molar-refractivity contribution in [2.24, 2.45) is 5.92 Å². The summed E-state index contributed by atoms with van der Waals surface area (Å²) < 4.78 is 47.3. The van der Waals surface area contributed by atoms with Crippen LogP contribution < -0.4 is 5.32 Å². The molecule has 0 bridgehead atoms. The van der Waals surface area contributed by atoms with Gasteiger partial charge in [-0.2, -0.15) is 18.3 Å². The number of nitrogens with one attached hydrogen (secondary N) is 1. The second-order valence-electron chi connectivity index (χ2n) is 8.22. The predicted molar refractivity (Wildman–Crippen MR) is 97.0 cm³/mol. The van der Waals surface area contributed by atoms with Crippen molar-refractivity contribution >= 4 is 11.7 Å². The molecule has 3 atom stereocenters. The maximum Gasteiger partial charge on any atom is 0.410 e. The molecule has 3 aliphatic heterocycles. The van der Waals surface area contributed by atoms with Crippen molar-refractivity contribution in [3.05, 3.63) is 11.8 Å². The minimum absolute atomic E-state index is 0.0217. The van der Waals surface area contributed by atoms with Crippen LogP contribution in [-0.4, -0.2) is 58.6 Å². The molecule has 9 heteroatoms. The van der Waals surface area contributed by atoms with E-state index in [0.717, 1.165) is 24.1 Å². The van der Waals surface area contributed by atoms with Crippen LogP contribution in [0.1, 0.15) is 50.3 Å². The Balaban J connectivity index is 1.37. The molecule has 1 aromatic rings. The highest BCUT2D eigenvalue weighted by atomic mass is 19.4. The number of nitrogens with zero attached hydrogens (tertiary/aromatic N) is 3. The second kappa shape index (κ2) is 7.57. The highest BCUT2D eigenvalue weighted by Crippen LogP contribution is 2.42. The molecule has 28 heavy (non-hydrogen) atoms. The lowest BCUT2D eigenvalue weighted by Crippen LogP contribution is -2.47. The minimum atomic E-state index is -4.33. The smallest absolute Gasteiger partial charge is 0.378 e. The Kier molecular flexibility index (Phi) is 5.28. The van der Waals surface area contributed by atoms with Crippen LogP contribution in [0.3, 0.4) is 0 Å². The molecule has 1 N–H and O–H groups in total. The van der Waals surface area contributed by atoms with Gasteiger partial charge in [-0.15, -0.1) is 0 Å². The van der Waals surface area contributed by atoms with E-state index in [2.05, 4.69) is 10.4 Å². The van der Waals surface area contributed by atoms with Crippen LogP contribution in [0.25, 0.3) is 0 Å². The predicted octanol–water partition coefficient (Wildman–Crippen LogP) is 3.29. The van der Waals surface area contributed by atoms with Gasteiger partial charge in [0.05, 0.1) is 18.2 Å². The SMILES string of the molecule is Cc1cc2n(n1)[C@@H](C(F)(F)F)C[C@@H](C1CCN(C(=O)CC3CCCO3)CC1)N2. The standard InChI is InChI=1S/C19H27F3N4O2/c1-12-9-17-23-15(11-16(19(20,21)22)26(17)24-12)13-4-6-25(7-5-13)18(27)10-14-3-2-8-28-14/h9,13-16,23H,2-8,10-11H2,1H3/t14?,15-,16+/m0/s1. The monoisotopic (exact) mass is 400 g/mol. The van der Waals surface area contributed by atoms with Crippen molar-refractivity contribution in [3.63, 3.8) is 0 Å². The summed E-state index contributed by atoms with van der Waals surface area (Å²) in [6.45, 7) is 3.63. The van der Waals surface area contributed by atoms with Crippen molar-refractivity contribution in [1.29, 1.82) is 0 Å². The van der Waals surface area contributed by atoms with Gasteiger partial charge in [0.2, 0.25) is 5.91 Å². The topological polar surface area (TPSA) is 59.4 Å². The van der Waals surface area contributed by atoms with Crippen molar-refractivity contribution in [2.75, 3.05) is 25.0 Å². The second-order valence-corrected chi connectivity index (χ2v) is 8.22. The first kappa shape index (κ1) is 19.5. The number of hydrogen-bond donors (Lipinski definition) is 1. The van der Waals surface area contributed by atoms with Gasteiger partial charge in [-0.25, -0.2) is 4.68 Å². The van der Waals surface area contributed by atoms with Gasteiger partial charge in [0, 0.05) is 31.8 Å². The third kappa shape index (κ3) is 3.99. The Morgan fingerprint density at radius 1 is 1.32 bits per heavy atom. The largest absolute Gasteiger partial charge is 0.410 e. The normalized spacial score (nSPS) is 28.9. The van der Waals surface area contributed by atoms with E-state index in [1.165, 1.54) is 0 Å². The summed E-state index contributed by atoms with van der Waals surface area (Å²) in [4.78, 5) is 14.3. The molecule has 2 fully saturated rings. The Hall–Kier alpha value is -1.77. The molecule has 156 valence electrons. The van der Waals surface area contributed by atoms with Crippen LogP contribution in [0.4, 0.5) is 19.0 Å². The number of carbonyl (C=O) groups excluding carboxylic acids is 1. The molecule has 1 aromatic heterocycles. The molecule has 0 spiro atoms. The molecule has 0 saturated carbocycles. The van der Waals surface area contributed by atoms with Crippen molar-refractivity contribution in [2.45, 2.75) is 69.8 Å². The molecule has 0 aliphatic carbocycles. The first-order valence-corrected chi connectivity index (χ1v) is 10.1. The minimum Gasteiger partial charge on any atom is -0.378 e. The van der Waals surface area contributed by atoms with Crippen LogP contribution in [0, 0.1) is 12.8 Å². The molecular weight excluding hydrogens is 373 g/mol. The summed E-state index contributed by atoms with van der Waals surface area (Å²) in [5, 5.41) is 7.30. The average Bonchev–Trinajstić information content (AvgIpc) is 3.28. The third-order valence-corrected chi connectivity index (χ3v) is 6.23. The number of alkyl halides is 3. The Labute approximate surface area is 162 Å². The number of aromatic nitrogens is 2. The molecule has 0 aromatic carbocycles. The van der Waals surface area contributed by atoms with Gasteiger partial charge in [-0.1, -0.05) is 0 Å². The lowest BCUT2D eigenvalue weighted by molar-refractivity contribution is -0.174. The van der Waals surface area contributed by atoms with Crippen LogP contribution in [0.2, 0.25) is 0 Å². The highest BCUT2D eigenvalue weighted by molar-refractivity contribution is 5.76. The van der Waals surface area contributed by atoms with Gasteiger partial charge >= 0.3 is 6.18 Å². The number of ether oxygens (including phenoxy) is 1. The number of amides is 1. The van der Waals surface area contributed by atoms with E-state index in [-0.39, 0.29) is 30.4 Å². The number of piperidine rings is 1. The number of likely N-dealkylation sites (tertiary alicyclic amines) is 1. The summed E-state index contributed by atoms with van der Waals surface area (Å²) in [5.41, 5.74) is 0.576. The zero-order valence-electron chi connectivity index (χ0n) is 16.0. The van der Waals surface area contributed by atoms with Crippen LogP contribution >= 0.6 is 0 Å². The molecule has 1 amide bonds. The molecular formula is C19H27F3N4O2. The van der Waals surface area contributed by atoms with Crippen LogP contribution in [-0.2, 0) is 9.53 Å². The number of rotatable bonds is 3. The maximum atomic E-state index is 13.6. The number of hydrogen-bond acceptors (Lipinski definition) is 4. The molecule has 4 heterocycles. The van der Waals surface area contributed by atoms with Gasteiger partial charge in [0.15, 0.2) is 6.04 Å². The van der Waals surface area contributed by atoms with E-state index >= 15 is 0 Å². The lowest BCUT2D eigenvalue weighted by Gasteiger charge is -2.41. The summed E-state index contributed by atoms with van der Waals surface area (Å²) in [5.74, 6) is 0.650. The number of halogens is 3. The van der Waals surface area contributed by atoms with E-state index < -0.39 is 12.2 Å². The van der Waals surface area contributed by atoms with E-state index in [0.29, 0.717) is 43.9 Å². The molecule has 3 aliphatic rings. The lowest BCUT2D eigenvalue weighted by atomic mass is 9.84. The molecule has 4 rings (SSSR count). The van der Waals surface area contributed by atoms with Gasteiger partial charge in [-0.05, 0) is 44.9 Å². The summed E-state index contributed by atoms with van der Waals surface area (Å²) in [7, 11) is 0. The fourth-order valence-corrected chi connectivity index (χ4v) is 4.71. The van der Waals surface area contributed by atoms with Gasteiger partial charge < -0.3 is 15.0 Å². The number of fused-ring (bicyclic) bond motifs is 1. The van der Waals surface area contributed by atoms with Gasteiger partial charge in [0.1, 0.15) is 5.82 Å². The van der Waals surface area contributed by atoms with E-state index in [1.807, 2.05) is 4.90 Å². The van der Waals surface area contributed by atoms with Crippen LogP contribution in [0.15, 0.2) is 6.07 Å². The summed E-state index contributed by atoms with van der Waals surface area (Å²) in [6, 6.07) is -0.183. The van der Waals surface area contributed by atoms with Gasteiger partial charge in [0.25, 0.3) is 0 Å². The van der Waals surface area contributed by atoms with E-state index in [4.69, 9.17) is 4.74 Å². The fraction of sp³-hybridized carbons (Fsp3) is 0.789. The van der Waals surface area contributed by atoms with E-state index in [9.17, 15) is 18.0 Å². The fourth-order valence-electron chi connectivity index (χ4n) is 4.71. The van der Waals surface area contributed by atoms with Crippen molar-refractivity contribution < 1.29 is 22.7 Å². The quantitative estimate of drug-likeness (QED) is 0.846. The Morgan fingerprint density at radius 3 is 2.71 bits per heavy atom. The third-order valence-electron chi connectivity index (χ3n) is 6.23. The highest BCUT2D eigenvalue weighted by Gasteiger charge is 2.47. The molecule has 1 unspecified atom stereocenters. The first-order chi connectivity index (χ1) is 13.3. The summed E-state index contributed by atoms with van der Waals surface area (Å²) in [6.07, 6.45) is -0.539. The first-order valence-electron chi connectivity index (χ1n) is 10.1. The Bertz CT molecular complexity index is 707. The zero-order valence-corrected chi connectivity index (χ0v) is 16.0. The Morgan fingerprint density at radius 2 is 2.07 bits per heavy atom. The number of aryl methyl sites for hydroxylation is 1.